The molecule has 2 rings (SSSR count). The van der Waals surface area contributed by atoms with E-state index in [1.807, 2.05) is 0 Å². The lowest BCUT2D eigenvalue weighted by Gasteiger charge is -2.27. The van der Waals surface area contributed by atoms with Gasteiger partial charge >= 0.3 is 5.97 Å². The molecule has 110 valence electrons. The van der Waals surface area contributed by atoms with Crippen molar-refractivity contribution in [2.24, 2.45) is 5.41 Å². The molecular weight excluding hydrogens is 326 g/mol. The van der Waals surface area contributed by atoms with Gasteiger partial charge in [0.1, 0.15) is 0 Å². The van der Waals surface area contributed by atoms with Gasteiger partial charge in [-0.25, -0.2) is 0 Å². The molecule has 0 unspecified atom stereocenters. The summed E-state index contributed by atoms with van der Waals surface area (Å²) in [6.45, 7) is 0.152. The standard InChI is InChI=1S/C14H18BrNO4/c15-11-6-5-10(20-11)12(17)16-9-14(13(18)19)7-3-1-2-4-8-14/h5-6H,1-4,7-9H2,(H,16,17)(H,18,19). The Bertz CT molecular complexity index is 489. The van der Waals surface area contributed by atoms with Gasteiger partial charge in [0.15, 0.2) is 10.4 Å². The first-order valence-electron chi connectivity index (χ1n) is 6.80. The van der Waals surface area contributed by atoms with E-state index in [0.717, 1.165) is 25.7 Å². The van der Waals surface area contributed by atoms with Crippen LogP contribution in [-0.2, 0) is 4.79 Å². The molecule has 1 aliphatic carbocycles. The van der Waals surface area contributed by atoms with Gasteiger partial charge in [-0.1, -0.05) is 25.7 Å². The number of nitrogens with one attached hydrogen (secondary N) is 1. The summed E-state index contributed by atoms with van der Waals surface area (Å²) >= 11 is 3.13. The third-order valence-electron chi connectivity index (χ3n) is 3.90. The topological polar surface area (TPSA) is 79.5 Å². The number of carbonyl (C=O) groups is 2. The summed E-state index contributed by atoms with van der Waals surface area (Å²) in [7, 11) is 0. The second-order valence-electron chi connectivity index (χ2n) is 5.29. The first-order chi connectivity index (χ1) is 9.53. The SMILES string of the molecule is O=C(NCC1(C(=O)O)CCCCCC1)c1ccc(Br)o1. The molecule has 0 aromatic carbocycles. The zero-order valence-corrected chi connectivity index (χ0v) is 12.7. The Hall–Kier alpha value is -1.30. The van der Waals surface area contributed by atoms with Crippen molar-refractivity contribution in [3.05, 3.63) is 22.6 Å². The highest BCUT2D eigenvalue weighted by molar-refractivity contribution is 9.10. The smallest absolute Gasteiger partial charge is 0.311 e. The summed E-state index contributed by atoms with van der Waals surface area (Å²) in [6.07, 6.45) is 5.15. The minimum atomic E-state index is -0.837. The van der Waals surface area contributed by atoms with Crippen LogP contribution in [0.25, 0.3) is 0 Å². The van der Waals surface area contributed by atoms with Crippen LogP contribution in [-0.4, -0.2) is 23.5 Å². The van der Waals surface area contributed by atoms with E-state index in [9.17, 15) is 14.7 Å². The molecule has 0 atom stereocenters. The molecule has 1 aliphatic rings. The summed E-state index contributed by atoms with van der Waals surface area (Å²) < 4.78 is 5.64. The minimum absolute atomic E-state index is 0.152. The van der Waals surface area contributed by atoms with E-state index in [2.05, 4.69) is 21.2 Å². The van der Waals surface area contributed by atoms with Gasteiger partial charge in [0, 0.05) is 6.54 Å². The molecule has 5 nitrogen and oxygen atoms in total. The first kappa shape index (κ1) is 15.1. The average Bonchev–Trinajstić information content (AvgIpc) is 2.71. The number of furan rings is 1. The Morgan fingerprint density at radius 3 is 2.40 bits per heavy atom. The second-order valence-corrected chi connectivity index (χ2v) is 6.07. The van der Waals surface area contributed by atoms with Gasteiger partial charge in [-0.05, 0) is 40.9 Å². The van der Waals surface area contributed by atoms with Gasteiger partial charge in [-0.3, -0.25) is 9.59 Å². The lowest BCUT2D eigenvalue weighted by atomic mass is 9.80. The van der Waals surface area contributed by atoms with Crippen molar-refractivity contribution < 1.29 is 19.1 Å². The van der Waals surface area contributed by atoms with Gasteiger partial charge in [0.05, 0.1) is 5.41 Å². The maximum absolute atomic E-state index is 11.9. The molecule has 0 spiro atoms. The molecule has 1 fully saturated rings. The zero-order valence-electron chi connectivity index (χ0n) is 11.2. The summed E-state index contributed by atoms with van der Waals surface area (Å²) in [5.74, 6) is -1.01. The Morgan fingerprint density at radius 1 is 1.25 bits per heavy atom. The number of carboxylic acids is 1. The van der Waals surface area contributed by atoms with Crippen molar-refractivity contribution in [2.45, 2.75) is 38.5 Å². The molecule has 1 heterocycles. The quantitative estimate of drug-likeness (QED) is 0.822. The molecule has 0 saturated heterocycles. The van der Waals surface area contributed by atoms with Crippen molar-refractivity contribution in [3.63, 3.8) is 0 Å². The third kappa shape index (κ3) is 3.42. The molecule has 1 aromatic rings. The van der Waals surface area contributed by atoms with Crippen LogP contribution in [0, 0.1) is 5.41 Å². The monoisotopic (exact) mass is 343 g/mol. The van der Waals surface area contributed by atoms with E-state index in [4.69, 9.17) is 4.42 Å². The highest BCUT2D eigenvalue weighted by Crippen LogP contribution is 2.35. The van der Waals surface area contributed by atoms with Crippen LogP contribution in [0.1, 0.15) is 49.1 Å². The van der Waals surface area contributed by atoms with E-state index in [-0.39, 0.29) is 18.2 Å². The predicted octanol–water partition coefficient (Wildman–Crippen LogP) is 3.20. The minimum Gasteiger partial charge on any atom is -0.481 e. The van der Waals surface area contributed by atoms with Crippen LogP contribution >= 0.6 is 15.9 Å². The molecule has 20 heavy (non-hydrogen) atoms. The summed E-state index contributed by atoms with van der Waals surface area (Å²) in [4.78, 5) is 23.5. The third-order valence-corrected chi connectivity index (χ3v) is 4.32. The number of rotatable bonds is 4. The largest absolute Gasteiger partial charge is 0.481 e. The number of carboxylic acid groups (broad SMARTS) is 1. The van der Waals surface area contributed by atoms with Crippen LogP contribution < -0.4 is 5.32 Å². The molecule has 0 radical (unpaired) electrons. The predicted molar refractivity (Wildman–Crippen MR) is 76.5 cm³/mol. The maximum Gasteiger partial charge on any atom is 0.311 e. The molecule has 1 aromatic heterocycles. The lowest BCUT2D eigenvalue weighted by Crippen LogP contribution is -2.42. The van der Waals surface area contributed by atoms with Gasteiger partial charge in [-0.2, -0.15) is 0 Å². The van der Waals surface area contributed by atoms with Crippen molar-refractivity contribution in [3.8, 4) is 0 Å². The molecular formula is C14H18BrNO4. The average molecular weight is 344 g/mol. The Kier molecular flexibility index (Phi) is 4.86. The Balaban J connectivity index is 2.01. The fourth-order valence-corrected chi connectivity index (χ4v) is 2.95. The van der Waals surface area contributed by atoms with E-state index in [0.29, 0.717) is 17.5 Å². The van der Waals surface area contributed by atoms with Gasteiger partial charge < -0.3 is 14.8 Å². The van der Waals surface area contributed by atoms with Crippen molar-refractivity contribution in [1.82, 2.24) is 5.32 Å². The van der Waals surface area contributed by atoms with Crippen LogP contribution in [0.4, 0.5) is 0 Å². The van der Waals surface area contributed by atoms with Crippen molar-refractivity contribution >= 4 is 27.8 Å². The number of carbonyl (C=O) groups excluding carboxylic acids is 1. The van der Waals surface area contributed by atoms with Crippen LogP contribution in [0.15, 0.2) is 21.2 Å². The van der Waals surface area contributed by atoms with E-state index >= 15 is 0 Å². The Morgan fingerprint density at radius 2 is 1.90 bits per heavy atom. The summed E-state index contributed by atoms with van der Waals surface area (Å²) in [6, 6.07) is 3.19. The summed E-state index contributed by atoms with van der Waals surface area (Å²) in [5.41, 5.74) is -0.837. The van der Waals surface area contributed by atoms with Crippen LogP contribution in [0.3, 0.4) is 0 Å². The molecule has 1 amide bonds. The van der Waals surface area contributed by atoms with Crippen molar-refractivity contribution in [1.29, 1.82) is 0 Å². The highest BCUT2D eigenvalue weighted by Gasteiger charge is 2.39. The molecule has 0 bridgehead atoms. The fraction of sp³-hybridized carbons (Fsp3) is 0.571. The number of hydrogen-bond acceptors (Lipinski definition) is 3. The number of amides is 1. The van der Waals surface area contributed by atoms with Gasteiger partial charge in [0.2, 0.25) is 0 Å². The van der Waals surface area contributed by atoms with Crippen molar-refractivity contribution in [2.75, 3.05) is 6.54 Å². The highest BCUT2D eigenvalue weighted by atomic mass is 79.9. The van der Waals surface area contributed by atoms with Crippen LogP contribution in [0.2, 0.25) is 0 Å². The zero-order chi connectivity index (χ0) is 14.6. The molecule has 0 aliphatic heterocycles. The molecule has 1 saturated carbocycles. The molecule has 2 N–H and O–H groups in total. The van der Waals surface area contributed by atoms with E-state index < -0.39 is 11.4 Å². The summed E-state index contributed by atoms with van der Waals surface area (Å²) in [5, 5.41) is 12.2. The molecule has 6 heteroatoms. The number of halogens is 1. The fourth-order valence-electron chi connectivity index (χ4n) is 2.64. The normalized spacial score (nSPS) is 18.2. The number of hydrogen-bond donors (Lipinski definition) is 2. The Labute approximate surface area is 125 Å². The van der Waals surface area contributed by atoms with Gasteiger partial charge in [0.25, 0.3) is 5.91 Å². The van der Waals surface area contributed by atoms with Gasteiger partial charge in [-0.15, -0.1) is 0 Å². The van der Waals surface area contributed by atoms with E-state index in [1.54, 1.807) is 12.1 Å². The number of aliphatic carboxylic acids is 1. The lowest BCUT2D eigenvalue weighted by molar-refractivity contribution is -0.149. The first-order valence-corrected chi connectivity index (χ1v) is 7.60. The second kappa shape index (κ2) is 6.43. The van der Waals surface area contributed by atoms with E-state index in [1.165, 1.54) is 0 Å². The maximum atomic E-state index is 11.9. The van der Waals surface area contributed by atoms with Crippen LogP contribution in [0.5, 0.6) is 0 Å².